The van der Waals surface area contributed by atoms with Gasteiger partial charge in [-0.3, -0.25) is 4.90 Å². The zero-order valence-electron chi connectivity index (χ0n) is 20.7. The molecule has 2 aliphatic heterocycles. The number of nitrogens with zero attached hydrogens (tertiary/aromatic N) is 7. The number of pyridine rings is 1. The van der Waals surface area contributed by atoms with Crippen molar-refractivity contribution in [1.82, 2.24) is 14.8 Å². The fourth-order valence-electron chi connectivity index (χ4n) is 5.07. The molecule has 0 amide bonds. The van der Waals surface area contributed by atoms with Crippen LogP contribution in [0.15, 0.2) is 45.7 Å². The Morgan fingerprint density at radius 3 is 2.86 bits per heavy atom. The van der Waals surface area contributed by atoms with E-state index in [1.54, 1.807) is 6.07 Å². The van der Waals surface area contributed by atoms with Crippen LogP contribution in [0.3, 0.4) is 0 Å². The lowest BCUT2D eigenvalue weighted by Gasteiger charge is -2.45. The number of aryl methyl sites for hydroxylation is 1. The van der Waals surface area contributed by atoms with Gasteiger partial charge in [-0.1, -0.05) is 23.4 Å². The Kier molecular flexibility index (Phi) is 8.48. The van der Waals surface area contributed by atoms with Crippen molar-refractivity contribution in [3.63, 3.8) is 0 Å². The third-order valence-corrected chi connectivity index (χ3v) is 7.10. The van der Waals surface area contributed by atoms with E-state index in [1.807, 2.05) is 25.1 Å². The topological polar surface area (TPSA) is 133 Å². The van der Waals surface area contributed by atoms with E-state index < -0.39 is 0 Å². The Labute approximate surface area is 211 Å². The monoisotopic (exact) mass is 488 g/mol. The summed E-state index contributed by atoms with van der Waals surface area (Å²) in [5, 5.41) is 15.6. The summed E-state index contributed by atoms with van der Waals surface area (Å²) in [7, 11) is 2.17. The van der Waals surface area contributed by atoms with Gasteiger partial charge in [0.15, 0.2) is 5.82 Å². The molecule has 0 bridgehead atoms. The number of benzene rings is 1. The highest BCUT2D eigenvalue weighted by Crippen LogP contribution is 2.32. The predicted molar refractivity (Wildman–Crippen MR) is 136 cm³/mol. The van der Waals surface area contributed by atoms with Crippen LogP contribution in [-0.4, -0.2) is 73.3 Å². The molecule has 1 aliphatic carbocycles. The van der Waals surface area contributed by atoms with Crippen LogP contribution in [0.5, 0.6) is 0 Å². The van der Waals surface area contributed by atoms with Crippen molar-refractivity contribution in [3.8, 4) is 6.07 Å². The molecule has 2 fully saturated rings. The van der Waals surface area contributed by atoms with E-state index in [1.165, 1.54) is 11.9 Å². The molecule has 36 heavy (non-hydrogen) atoms. The molecule has 10 heteroatoms. The molecular formula is C26H32N8O2. The molecule has 3 heterocycles. The minimum atomic E-state index is -0.00995. The standard InChI is InChI=1S/C16H21N3O.C10H11N5O/c1-12-13(8-17)4-3-5-15(12)16-10-19-7-6-18(2)9-14(19)11-20-16;11-15-13-6-12-10-4-2-8-7(5-16)1-3-9(8)14-10/h3-5,14,16H,6-7,9-11H2,1-2H3;2,4-7H,1,3H2,(H2,11,12,13,14). The number of hydrogen-bond acceptors (Lipinski definition) is 8. The molecule has 3 unspecified atom stereocenters. The summed E-state index contributed by atoms with van der Waals surface area (Å²) in [5.41, 5.74) is 4.94. The van der Waals surface area contributed by atoms with Crippen LogP contribution in [0.4, 0.5) is 5.82 Å². The molecule has 0 radical (unpaired) electrons. The average molecular weight is 489 g/mol. The highest BCUT2D eigenvalue weighted by atomic mass is 16.5. The van der Waals surface area contributed by atoms with E-state index in [0.717, 1.165) is 74.3 Å². The van der Waals surface area contributed by atoms with E-state index in [2.05, 4.69) is 49.3 Å². The Morgan fingerprint density at radius 2 is 2.08 bits per heavy atom. The van der Waals surface area contributed by atoms with Crippen LogP contribution < -0.4 is 5.84 Å². The summed E-state index contributed by atoms with van der Waals surface area (Å²) < 4.78 is 6.08. The number of aldehydes is 1. The number of fused-ring (bicyclic) bond motifs is 2. The van der Waals surface area contributed by atoms with Gasteiger partial charge in [-0.2, -0.15) is 5.26 Å². The number of rotatable bonds is 4. The average Bonchev–Trinajstić information content (AvgIpc) is 3.31. The number of morpholine rings is 1. The molecule has 0 spiro atoms. The smallest absolute Gasteiger partial charge is 0.154 e. The van der Waals surface area contributed by atoms with Crippen molar-refractivity contribution in [2.24, 2.45) is 21.2 Å². The minimum Gasteiger partial charge on any atom is -0.370 e. The number of nitriles is 1. The maximum atomic E-state index is 10.8. The number of likely N-dealkylation sites (N-methyl/N-ethyl adjacent to an activating group) is 1. The number of carbonyl (C=O) groups is 1. The molecular weight excluding hydrogens is 456 g/mol. The van der Waals surface area contributed by atoms with E-state index in [4.69, 9.17) is 15.8 Å². The van der Waals surface area contributed by atoms with Crippen LogP contribution in [0.1, 0.15) is 46.4 Å². The van der Waals surface area contributed by atoms with Gasteiger partial charge in [0, 0.05) is 43.8 Å². The highest BCUT2D eigenvalue weighted by molar-refractivity contribution is 5.65. The van der Waals surface area contributed by atoms with Crippen molar-refractivity contribution in [2.75, 3.05) is 39.8 Å². The van der Waals surface area contributed by atoms with E-state index in [0.29, 0.717) is 11.9 Å². The third-order valence-electron chi connectivity index (χ3n) is 7.10. The summed E-state index contributed by atoms with van der Waals surface area (Å²) >= 11 is 0. The maximum absolute atomic E-state index is 10.8. The number of nitrogens with two attached hydrogens (primary N) is 1. The zero-order chi connectivity index (χ0) is 25.5. The summed E-state index contributed by atoms with van der Waals surface area (Å²) in [6.07, 6.45) is 3.96. The molecule has 5 rings (SSSR count). The van der Waals surface area contributed by atoms with Crippen molar-refractivity contribution < 1.29 is 9.53 Å². The second-order valence-corrected chi connectivity index (χ2v) is 9.33. The molecule has 188 valence electrons. The lowest BCUT2D eigenvalue weighted by molar-refractivity contribution is -0.109. The fraction of sp³-hybridized carbons (Fsp3) is 0.462. The van der Waals surface area contributed by atoms with Gasteiger partial charge in [-0.15, -0.1) is 5.11 Å². The molecule has 3 aliphatic rings. The van der Waals surface area contributed by atoms with E-state index in [-0.39, 0.29) is 12.0 Å². The quantitative estimate of drug-likeness (QED) is 0.175. The predicted octanol–water partition coefficient (Wildman–Crippen LogP) is 2.85. The highest BCUT2D eigenvalue weighted by Gasteiger charge is 2.33. The van der Waals surface area contributed by atoms with Gasteiger partial charge in [0.05, 0.1) is 24.3 Å². The number of ether oxygens (including phenoxy) is 1. The first-order valence-corrected chi connectivity index (χ1v) is 12.2. The van der Waals surface area contributed by atoms with Gasteiger partial charge in [0.2, 0.25) is 0 Å². The first-order valence-electron chi connectivity index (χ1n) is 12.2. The summed E-state index contributed by atoms with van der Waals surface area (Å²) in [4.78, 5) is 24.0. The van der Waals surface area contributed by atoms with Crippen molar-refractivity contribution >= 4 is 18.4 Å². The van der Waals surface area contributed by atoms with Gasteiger partial charge >= 0.3 is 0 Å². The van der Waals surface area contributed by atoms with Gasteiger partial charge in [0.1, 0.15) is 12.6 Å². The summed E-state index contributed by atoms with van der Waals surface area (Å²) in [5.74, 6) is 5.37. The third kappa shape index (κ3) is 5.82. The summed E-state index contributed by atoms with van der Waals surface area (Å²) in [6.45, 7) is 7.06. The van der Waals surface area contributed by atoms with Crippen LogP contribution in [0.2, 0.25) is 0 Å². The molecule has 2 saturated heterocycles. The number of carbonyl (C=O) groups excluding carboxylic acids is 1. The number of aromatic nitrogens is 1. The van der Waals surface area contributed by atoms with Crippen molar-refractivity contribution in [1.29, 1.82) is 5.26 Å². The van der Waals surface area contributed by atoms with Gasteiger partial charge < -0.3 is 20.3 Å². The normalized spacial score (nSPS) is 24.1. The minimum absolute atomic E-state index is 0.00995. The zero-order valence-corrected chi connectivity index (χ0v) is 20.7. The molecule has 1 aromatic carbocycles. The van der Waals surface area contributed by atoms with E-state index in [9.17, 15) is 4.79 Å². The van der Waals surface area contributed by atoms with Crippen LogP contribution >= 0.6 is 0 Å². The Balaban J connectivity index is 0.000000174. The number of aliphatic imine (C=N–C) groups is 1. The lowest BCUT2D eigenvalue weighted by Crippen LogP contribution is -2.57. The molecule has 1 aromatic heterocycles. The molecule has 2 aromatic rings. The molecule has 2 N–H and O–H groups in total. The Hall–Kier alpha value is -3.52. The van der Waals surface area contributed by atoms with E-state index >= 15 is 0 Å². The molecule has 3 atom stereocenters. The Morgan fingerprint density at radius 1 is 1.22 bits per heavy atom. The van der Waals surface area contributed by atoms with Crippen LogP contribution in [0.25, 0.3) is 0 Å². The number of piperazine rings is 1. The number of hydrogen-bond donors (Lipinski definition) is 1. The van der Waals surface area contributed by atoms with Gasteiger partial charge in [-0.05, 0) is 55.6 Å². The largest absolute Gasteiger partial charge is 0.370 e. The fourth-order valence-corrected chi connectivity index (χ4v) is 5.07. The van der Waals surface area contributed by atoms with Crippen molar-refractivity contribution in [2.45, 2.75) is 37.8 Å². The second-order valence-electron chi connectivity index (χ2n) is 9.33. The first-order chi connectivity index (χ1) is 17.5. The van der Waals surface area contributed by atoms with Crippen LogP contribution in [0, 0.1) is 18.3 Å². The van der Waals surface area contributed by atoms with Gasteiger partial charge in [0.25, 0.3) is 0 Å². The molecule has 10 nitrogen and oxygen atoms in total. The second kappa shape index (κ2) is 11.9. The maximum Gasteiger partial charge on any atom is 0.154 e. The van der Waals surface area contributed by atoms with Crippen LogP contribution in [-0.2, 0) is 16.0 Å². The van der Waals surface area contributed by atoms with Crippen molar-refractivity contribution in [3.05, 3.63) is 58.3 Å². The summed E-state index contributed by atoms with van der Waals surface area (Å²) in [6, 6.07) is 12.4. The van der Waals surface area contributed by atoms with Gasteiger partial charge in [-0.25, -0.2) is 9.98 Å². The Bertz CT molecular complexity index is 1180. The first kappa shape index (κ1) is 25.6. The SMILES string of the molecule is Cc1c(C#N)cccc1C1CN2CCN(C)CC2CO1.NN=NC=Nc1ccc2c(n1)CCC2C=O. The lowest BCUT2D eigenvalue weighted by atomic mass is 9.96. The molecule has 0 saturated carbocycles.